The number of benzene rings is 2. The van der Waals surface area contributed by atoms with Gasteiger partial charge in [0.2, 0.25) is 0 Å². The number of aromatic nitrogens is 1. The highest BCUT2D eigenvalue weighted by Crippen LogP contribution is 2.21. The molecule has 0 saturated carbocycles. The molecule has 0 saturated heterocycles. The number of hydrogen-bond donors (Lipinski definition) is 3. The van der Waals surface area contributed by atoms with Gasteiger partial charge in [0.05, 0.1) is 0 Å². The van der Waals surface area contributed by atoms with E-state index in [0.717, 1.165) is 22.4 Å². The summed E-state index contributed by atoms with van der Waals surface area (Å²) in [6, 6.07) is 12.8. The van der Waals surface area contributed by atoms with Crippen molar-refractivity contribution in [3.8, 4) is 0 Å². The van der Waals surface area contributed by atoms with Gasteiger partial charge in [-0.05, 0) is 50.1 Å². The van der Waals surface area contributed by atoms with Crippen LogP contribution in [0.15, 0.2) is 47.8 Å². The van der Waals surface area contributed by atoms with Gasteiger partial charge >= 0.3 is 6.03 Å². The average molecular weight is 380 g/mol. The number of anilines is 3. The molecule has 138 valence electrons. The van der Waals surface area contributed by atoms with E-state index in [4.69, 9.17) is 0 Å². The molecule has 3 amide bonds. The van der Waals surface area contributed by atoms with E-state index in [1.807, 2.05) is 63.2 Å². The number of rotatable bonds is 4. The molecule has 3 aromatic rings. The Kier molecular flexibility index (Phi) is 5.52. The zero-order chi connectivity index (χ0) is 19.4. The molecule has 1 heterocycles. The SMILES string of the molecule is Cc1ccc(NC(=O)Nc2nc(C(=O)Nc3cccc(C)c3C)cs2)cc1. The number of nitrogens with zero attached hydrogens (tertiary/aromatic N) is 1. The van der Waals surface area contributed by atoms with Gasteiger partial charge in [-0.25, -0.2) is 9.78 Å². The quantitative estimate of drug-likeness (QED) is 0.598. The van der Waals surface area contributed by atoms with Crippen LogP contribution in [-0.4, -0.2) is 16.9 Å². The lowest BCUT2D eigenvalue weighted by atomic mass is 10.1. The standard InChI is InChI=1S/C20H20N4O2S/c1-12-7-9-15(10-8-12)21-19(26)24-20-23-17(11-27-20)18(25)22-16-6-4-5-13(2)14(16)3/h4-11H,1-3H3,(H,22,25)(H2,21,23,24,26). The number of amides is 3. The van der Waals surface area contributed by atoms with Gasteiger partial charge in [-0.15, -0.1) is 11.3 Å². The average Bonchev–Trinajstić information content (AvgIpc) is 3.09. The molecule has 6 nitrogen and oxygen atoms in total. The minimum atomic E-state index is -0.408. The molecule has 0 aliphatic heterocycles. The molecule has 0 spiro atoms. The van der Waals surface area contributed by atoms with Crippen molar-refractivity contribution in [3.63, 3.8) is 0 Å². The largest absolute Gasteiger partial charge is 0.325 e. The zero-order valence-corrected chi connectivity index (χ0v) is 16.1. The Morgan fingerprint density at radius 3 is 2.41 bits per heavy atom. The molecule has 1 aromatic heterocycles. The van der Waals surface area contributed by atoms with Crippen LogP contribution in [-0.2, 0) is 0 Å². The number of carbonyl (C=O) groups is 2. The summed E-state index contributed by atoms with van der Waals surface area (Å²) in [6.07, 6.45) is 0. The Morgan fingerprint density at radius 1 is 0.926 bits per heavy atom. The number of thiazole rings is 1. The molecule has 0 radical (unpaired) electrons. The van der Waals surface area contributed by atoms with Gasteiger partial charge in [0, 0.05) is 16.8 Å². The maximum absolute atomic E-state index is 12.4. The topological polar surface area (TPSA) is 83.1 Å². The smallest absolute Gasteiger partial charge is 0.320 e. The lowest BCUT2D eigenvalue weighted by Crippen LogP contribution is -2.19. The molecule has 0 aliphatic carbocycles. The lowest BCUT2D eigenvalue weighted by molar-refractivity contribution is 0.102. The molecular weight excluding hydrogens is 360 g/mol. The van der Waals surface area contributed by atoms with Crippen molar-refractivity contribution >= 4 is 39.8 Å². The highest BCUT2D eigenvalue weighted by atomic mass is 32.1. The van der Waals surface area contributed by atoms with Gasteiger partial charge in [0.25, 0.3) is 5.91 Å². The van der Waals surface area contributed by atoms with Crippen LogP contribution in [0.1, 0.15) is 27.2 Å². The number of carbonyl (C=O) groups excluding carboxylic acids is 2. The summed E-state index contributed by atoms with van der Waals surface area (Å²) < 4.78 is 0. The summed E-state index contributed by atoms with van der Waals surface area (Å²) in [6.45, 7) is 5.92. The summed E-state index contributed by atoms with van der Waals surface area (Å²) >= 11 is 1.19. The van der Waals surface area contributed by atoms with Crippen molar-refractivity contribution in [1.82, 2.24) is 4.98 Å². The van der Waals surface area contributed by atoms with Crippen molar-refractivity contribution in [2.24, 2.45) is 0 Å². The van der Waals surface area contributed by atoms with Crippen LogP contribution in [0.5, 0.6) is 0 Å². The Bertz CT molecular complexity index is 980. The van der Waals surface area contributed by atoms with Crippen LogP contribution < -0.4 is 16.0 Å². The first-order valence-corrected chi connectivity index (χ1v) is 9.28. The van der Waals surface area contributed by atoms with E-state index in [0.29, 0.717) is 10.8 Å². The maximum atomic E-state index is 12.4. The first-order valence-electron chi connectivity index (χ1n) is 8.40. The van der Waals surface area contributed by atoms with Gasteiger partial charge in [-0.2, -0.15) is 0 Å². The Balaban J connectivity index is 1.62. The fourth-order valence-electron chi connectivity index (χ4n) is 2.40. The van der Waals surface area contributed by atoms with E-state index in [1.54, 1.807) is 5.38 Å². The fraction of sp³-hybridized carbons (Fsp3) is 0.150. The number of urea groups is 1. The summed E-state index contributed by atoms with van der Waals surface area (Å²) in [4.78, 5) is 28.7. The van der Waals surface area contributed by atoms with E-state index in [-0.39, 0.29) is 11.6 Å². The van der Waals surface area contributed by atoms with Gasteiger partial charge < -0.3 is 10.6 Å². The second-order valence-electron chi connectivity index (χ2n) is 6.18. The first-order chi connectivity index (χ1) is 12.9. The van der Waals surface area contributed by atoms with Crippen LogP contribution >= 0.6 is 11.3 Å². The molecule has 3 rings (SSSR count). The highest BCUT2D eigenvalue weighted by molar-refractivity contribution is 7.14. The number of hydrogen-bond acceptors (Lipinski definition) is 4. The molecular formula is C20H20N4O2S. The zero-order valence-electron chi connectivity index (χ0n) is 15.3. The van der Waals surface area contributed by atoms with Crippen LogP contribution in [0.4, 0.5) is 21.3 Å². The lowest BCUT2D eigenvalue weighted by Gasteiger charge is -2.09. The van der Waals surface area contributed by atoms with Gasteiger partial charge in [-0.3, -0.25) is 10.1 Å². The van der Waals surface area contributed by atoms with Crippen molar-refractivity contribution in [3.05, 3.63) is 70.2 Å². The Morgan fingerprint density at radius 2 is 1.67 bits per heavy atom. The van der Waals surface area contributed by atoms with E-state index >= 15 is 0 Å². The third-order valence-electron chi connectivity index (χ3n) is 4.12. The highest BCUT2D eigenvalue weighted by Gasteiger charge is 2.14. The van der Waals surface area contributed by atoms with Crippen molar-refractivity contribution in [2.75, 3.05) is 16.0 Å². The maximum Gasteiger partial charge on any atom is 0.325 e. The summed E-state index contributed by atoms with van der Waals surface area (Å²) in [5, 5.41) is 10.2. The van der Waals surface area contributed by atoms with Gasteiger partial charge in [-0.1, -0.05) is 29.8 Å². The minimum absolute atomic E-state index is 0.256. The number of aryl methyl sites for hydroxylation is 2. The predicted octanol–water partition coefficient (Wildman–Crippen LogP) is 4.96. The molecule has 0 atom stereocenters. The molecule has 2 aromatic carbocycles. The van der Waals surface area contributed by atoms with Crippen LogP contribution in [0.2, 0.25) is 0 Å². The molecule has 0 bridgehead atoms. The minimum Gasteiger partial charge on any atom is -0.320 e. The third kappa shape index (κ3) is 4.71. The second kappa shape index (κ2) is 8.01. The van der Waals surface area contributed by atoms with Crippen molar-refractivity contribution in [1.29, 1.82) is 0 Å². The van der Waals surface area contributed by atoms with E-state index in [2.05, 4.69) is 20.9 Å². The molecule has 0 fully saturated rings. The normalized spacial score (nSPS) is 10.3. The van der Waals surface area contributed by atoms with E-state index < -0.39 is 6.03 Å². The van der Waals surface area contributed by atoms with E-state index in [9.17, 15) is 9.59 Å². The predicted molar refractivity (Wildman–Crippen MR) is 110 cm³/mol. The molecule has 3 N–H and O–H groups in total. The summed E-state index contributed by atoms with van der Waals surface area (Å²) in [5.74, 6) is -0.313. The van der Waals surface area contributed by atoms with Crippen LogP contribution in [0.25, 0.3) is 0 Å². The van der Waals surface area contributed by atoms with Crippen LogP contribution in [0.3, 0.4) is 0 Å². The molecule has 27 heavy (non-hydrogen) atoms. The van der Waals surface area contributed by atoms with E-state index in [1.165, 1.54) is 11.3 Å². The number of nitrogens with one attached hydrogen (secondary N) is 3. The van der Waals surface area contributed by atoms with Crippen molar-refractivity contribution in [2.45, 2.75) is 20.8 Å². The third-order valence-corrected chi connectivity index (χ3v) is 4.88. The molecule has 0 aliphatic rings. The van der Waals surface area contributed by atoms with Gasteiger partial charge in [0.1, 0.15) is 5.69 Å². The van der Waals surface area contributed by atoms with Crippen molar-refractivity contribution < 1.29 is 9.59 Å². The summed E-state index contributed by atoms with van der Waals surface area (Å²) in [7, 11) is 0. The molecule has 7 heteroatoms. The Labute approximate surface area is 161 Å². The second-order valence-corrected chi connectivity index (χ2v) is 7.04. The summed E-state index contributed by atoms with van der Waals surface area (Å²) in [5.41, 5.74) is 4.91. The fourth-order valence-corrected chi connectivity index (χ4v) is 3.09. The van der Waals surface area contributed by atoms with Gasteiger partial charge in [0.15, 0.2) is 5.13 Å². The molecule has 0 unspecified atom stereocenters. The monoisotopic (exact) mass is 380 g/mol. The first kappa shape index (κ1) is 18.6. The Hall–Kier alpha value is -3.19. The van der Waals surface area contributed by atoms with Crippen LogP contribution in [0, 0.1) is 20.8 Å².